The maximum absolute atomic E-state index is 14.7. The number of pyridine rings is 4. The highest BCUT2D eigenvalue weighted by molar-refractivity contribution is 6.74. The van der Waals surface area contributed by atoms with Crippen molar-refractivity contribution >= 4 is 31.3 Å². The van der Waals surface area contributed by atoms with E-state index in [4.69, 9.17) is 15.9 Å². The van der Waals surface area contributed by atoms with Crippen LogP contribution in [0.25, 0.3) is 22.5 Å². The number of anilines is 2. The number of hydrogen-bond donors (Lipinski definition) is 5. The van der Waals surface area contributed by atoms with Crippen LogP contribution in [0.1, 0.15) is 114 Å². The Morgan fingerprint density at radius 2 is 1.02 bits per heavy atom. The van der Waals surface area contributed by atoms with Gasteiger partial charge in [0.15, 0.2) is 19.9 Å². The van der Waals surface area contributed by atoms with Crippen molar-refractivity contribution in [3.05, 3.63) is 153 Å². The van der Waals surface area contributed by atoms with Crippen molar-refractivity contribution in [2.45, 2.75) is 128 Å². The Labute approximate surface area is 467 Å². The third kappa shape index (κ3) is 11.9. The zero-order chi connectivity index (χ0) is 58.6. The average molecular weight is 1140 g/mol. The molecule has 14 nitrogen and oxygen atoms in total. The first-order chi connectivity index (χ1) is 38.2. The summed E-state index contributed by atoms with van der Waals surface area (Å²) in [7, 11) is -2.08. The van der Waals surface area contributed by atoms with Crippen LogP contribution in [-0.4, -0.2) is 106 Å². The molecular weight excluding hydrogens is 1070 g/mol. The topological polar surface area (TPSA) is 214 Å². The molecule has 2 fully saturated rings. The standard InChI is InChI=1S/C33H41F3N4O3Si.C27H27F3N4O3/c1-18-16-40(17-24(37)32(18)43-44(5,6)33(2,3)4)31-19(15-38-29-20(31)10-13-26(29)41)14-27(42)25-12-11-23(36)30(39-25)28-21(34)8-7-9-22(28)35;1-13-11-34(12-19(31)27(13)37)26-14(10-32-24-15(26)5-8-21(24)35)9-22(36)20-7-6-18(30)25(33-20)23-16(28)3-2-4-17(23)29/h7-9,11-12,15,18,24,26,32,41H,10,13-14,16-17,37H2,1-6H3;2-4,6-7,10,13,19,21,27,35,37H,5,8-9,11-12,31H2,1H3/t18-,24+,26+,32+;13-,19+,21-,27+/m00/s1. The lowest BCUT2D eigenvalue weighted by molar-refractivity contribution is 0.0783. The molecule has 4 aromatic heterocycles. The molecular formula is C60H68F6N8O6Si. The Hall–Kier alpha value is -6.46. The summed E-state index contributed by atoms with van der Waals surface area (Å²) in [6.45, 7) is 17.0. The monoisotopic (exact) mass is 1140 g/mol. The second-order valence-electron chi connectivity index (χ2n) is 23.5. The van der Waals surface area contributed by atoms with E-state index in [0.717, 1.165) is 65.0 Å². The number of piperidine rings is 2. The van der Waals surface area contributed by atoms with Gasteiger partial charge in [-0.15, -0.1) is 0 Å². The van der Waals surface area contributed by atoms with E-state index < -0.39 is 102 Å². The van der Waals surface area contributed by atoms with Gasteiger partial charge in [0.05, 0.1) is 46.9 Å². The van der Waals surface area contributed by atoms with Crippen LogP contribution in [0.3, 0.4) is 0 Å². The fraction of sp³-hybridized carbons (Fsp3) is 0.433. The largest absolute Gasteiger partial charge is 0.412 e. The number of halogens is 6. The van der Waals surface area contributed by atoms with Gasteiger partial charge in [-0.25, -0.2) is 36.3 Å². The van der Waals surface area contributed by atoms with Crippen molar-refractivity contribution in [3.63, 3.8) is 0 Å². The SMILES string of the molecule is C[C@H]1CN(c2c(CC(=O)c3ccc(F)c(-c4c(F)cccc4F)n3)cnc3c2CC[C@@H]3O)C[C@@H](N)[C@@H]1O.C[C@H]1CN(c2c(CC(=O)c3ccc(F)c(-c4c(F)cccc4F)n3)cnc3c2CC[C@H]3O)C[C@@H](N)[C@@H]1O[Si](C)(C)C(C)(C)C. The lowest BCUT2D eigenvalue weighted by atomic mass is 9.91. The van der Waals surface area contributed by atoms with Crippen LogP contribution in [0.15, 0.2) is 73.1 Å². The van der Waals surface area contributed by atoms with E-state index in [1.807, 2.05) is 11.8 Å². The van der Waals surface area contributed by atoms with E-state index in [2.05, 4.69) is 65.6 Å². The zero-order valence-corrected chi connectivity index (χ0v) is 47.3. The van der Waals surface area contributed by atoms with Crippen molar-refractivity contribution in [3.8, 4) is 22.5 Å². The second-order valence-corrected chi connectivity index (χ2v) is 28.2. The minimum atomic E-state index is -2.08. The van der Waals surface area contributed by atoms with E-state index >= 15 is 0 Å². The Balaban J connectivity index is 0.000000198. The highest BCUT2D eigenvalue weighted by Crippen LogP contribution is 2.44. The Morgan fingerprint density at radius 3 is 1.42 bits per heavy atom. The van der Waals surface area contributed by atoms with Crippen LogP contribution in [-0.2, 0) is 30.1 Å². The number of aliphatic hydroxyl groups is 3. The molecule has 2 saturated heterocycles. The van der Waals surface area contributed by atoms with Gasteiger partial charge in [0.2, 0.25) is 0 Å². The first kappa shape index (κ1) is 59.2. The molecule has 0 saturated carbocycles. The van der Waals surface area contributed by atoms with Crippen molar-refractivity contribution in [2.24, 2.45) is 23.3 Å². The summed E-state index contributed by atoms with van der Waals surface area (Å²) in [5.74, 6) is -6.81. The van der Waals surface area contributed by atoms with Crippen LogP contribution in [0, 0.1) is 46.7 Å². The zero-order valence-electron chi connectivity index (χ0n) is 46.3. The highest BCUT2D eigenvalue weighted by Gasteiger charge is 2.45. The molecule has 8 atom stereocenters. The summed E-state index contributed by atoms with van der Waals surface area (Å²) in [5.41, 5.74) is 15.9. The maximum Gasteiger partial charge on any atom is 0.192 e. The fourth-order valence-corrected chi connectivity index (χ4v) is 12.8. The van der Waals surface area contributed by atoms with E-state index in [0.29, 0.717) is 74.4 Å². The van der Waals surface area contributed by atoms with Crippen LogP contribution >= 0.6 is 0 Å². The number of Topliss-reactive ketones (excluding diaryl/α,β-unsaturated/α-hetero) is 2. The number of carbonyl (C=O) groups is 2. The number of nitrogens with two attached hydrogens (primary N) is 2. The van der Waals surface area contributed by atoms with Crippen LogP contribution in [0.5, 0.6) is 0 Å². The van der Waals surface area contributed by atoms with Crippen molar-refractivity contribution in [1.29, 1.82) is 0 Å². The smallest absolute Gasteiger partial charge is 0.192 e. The third-order valence-corrected chi connectivity index (χ3v) is 21.1. The number of hydrogen-bond acceptors (Lipinski definition) is 14. The molecule has 7 N–H and O–H groups in total. The summed E-state index contributed by atoms with van der Waals surface area (Å²) < 4.78 is 93.6. The van der Waals surface area contributed by atoms with Gasteiger partial charge in [0.1, 0.15) is 57.7 Å². The van der Waals surface area contributed by atoms with E-state index in [-0.39, 0.29) is 53.2 Å². The molecule has 0 unspecified atom stereocenters. The van der Waals surface area contributed by atoms with E-state index in [1.165, 1.54) is 24.4 Å². The Kier molecular flexibility index (Phi) is 17.1. The summed E-state index contributed by atoms with van der Waals surface area (Å²) in [5, 5.41) is 31.4. The average Bonchev–Trinajstić information content (AvgIpc) is 4.03. The van der Waals surface area contributed by atoms with Gasteiger partial charge in [-0.1, -0.05) is 46.8 Å². The van der Waals surface area contributed by atoms with E-state index in [1.54, 1.807) is 6.20 Å². The minimum absolute atomic E-state index is 0.0332. The van der Waals surface area contributed by atoms with Gasteiger partial charge >= 0.3 is 0 Å². The van der Waals surface area contributed by atoms with Crippen molar-refractivity contribution in [1.82, 2.24) is 19.9 Å². The Bertz CT molecular complexity index is 3320. The van der Waals surface area contributed by atoms with Gasteiger partial charge < -0.3 is 41.0 Å². The van der Waals surface area contributed by atoms with Gasteiger partial charge in [-0.2, -0.15) is 0 Å². The highest BCUT2D eigenvalue weighted by atomic mass is 28.4. The summed E-state index contributed by atoms with van der Waals surface area (Å²) >= 11 is 0. The van der Waals surface area contributed by atoms with E-state index in [9.17, 15) is 51.3 Å². The summed E-state index contributed by atoms with van der Waals surface area (Å²) in [4.78, 5) is 48.1. The normalized spacial score (nSPS) is 22.7. The quantitative estimate of drug-likeness (QED) is 0.0439. The number of fused-ring (bicyclic) bond motifs is 2. The first-order valence-electron chi connectivity index (χ1n) is 27.3. The lowest BCUT2D eigenvalue weighted by Crippen LogP contribution is -2.60. The number of aromatic nitrogens is 4. The summed E-state index contributed by atoms with van der Waals surface area (Å²) in [6, 6.07) is 9.91. The molecule has 4 aliphatic rings. The molecule has 81 heavy (non-hydrogen) atoms. The third-order valence-electron chi connectivity index (χ3n) is 16.6. The van der Waals surface area contributed by atoms with Crippen molar-refractivity contribution < 1.29 is 55.7 Å². The molecule has 0 radical (unpaired) electrons. The van der Waals surface area contributed by atoms with Crippen LogP contribution in [0.2, 0.25) is 18.1 Å². The molecule has 0 bridgehead atoms. The molecule has 2 aromatic carbocycles. The minimum Gasteiger partial charge on any atom is -0.412 e. The van der Waals surface area contributed by atoms with Gasteiger partial charge in [0.25, 0.3) is 0 Å². The molecule has 0 amide bonds. The Morgan fingerprint density at radius 1 is 0.617 bits per heavy atom. The summed E-state index contributed by atoms with van der Waals surface area (Å²) in [6.07, 6.45) is 2.82. The number of nitrogens with zero attached hydrogens (tertiary/aromatic N) is 6. The number of ketones is 2. The molecule has 6 heterocycles. The predicted octanol–water partition coefficient (Wildman–Crippen LogP) is 9.25. The maximum atomic E-state index is 14.7. The first-order valence-corrected chi connectivity index (χ1v) is 30.2. The molecule has 21 heteroatoms. The van der Waals surface area contributed by atoms with Crippen LogP contribution in [0.4, 0.5) is 37.7 Å². The number of rotatable bonds is 12. The molecule has 0 spiro atoms. The van der Waals surface area contributed by atoms with Gasteiger partial charge in [0, 0.05) is 109 Å². The number of benzene rings is 2. The second kappa shape index (κ2) is 23.4. The molecule has 6 aromatic rings. The van der Waals surface area contributed by atoms with Crippen molar-refractivity contribution in [2.75, 3.05) is 36.0 Å². The number of carbonyl (C=O) groups excluding carboxylic acids is 2. The predicted molar refractivity (Wildman–Crippen MR) is 297 cm³/mol. The lowest BCUT2D eigenvalue weighted by Gasteiger charge is -2.48. The molecule has 2 aliphatic carbocycles. The fourth-order valence-electron chi connectivity index (χ4n) is 11.4. The molecule has 430 valence electrons. The van der Waals surface area contributed by atoms with Crippen LogP contribution < -0.4 is 21.3 Å². The number of aliphatic hydroxyl groups excluding tert-OH is 3. The van der Waals surface area contributed by atoms with Gasteiger partial charge in [-0.3, -0.25) is 19.6 Å². The molecule has 2 aliphatic heterocycles. The molecule has 10 rings (SSSR count). The van der Waals surface area contributed by atoms with Gasteiger partial charge in [-0.05, 0) is 92.3 Å².